The van der Waals surface area contributed by atoms with Crippen LogP contribution in [0, 0.1) is 0 Å². The van der Waals surface area contributed by atoms with E-state index in [1.54, 1.807) is 7.11 Å². The summed E-state index contributed by atoms with van der Waals surface area (Å²) in [6, 6.07) is 8.27. The Morgan fingerprint density at radius 2 is 2.19 bits per heavy atom. The van der Waals surface area contributed by atoms with Crippen LogP contribution < -0.4 is 4.74 Å². The third kappa shape index (κ3) is 4.43. The topological polar surface area (TPSA) is 35.9 Å². The van der Waals surface area contributed by atoms with Gasteiger partial charge in [0.05, 0.1) is 13.2 Å². The number of nitrogens with zero attached hydrogens (tertiary/aromatic N) is 2. The molecule has 4 nitrogen and oxygen atoms in total. The molecule has 1 saturated heterocycles. The van der Waals surface area contributed by atoms with Crippen molar-refractivity contribution in [1.82, 2.24) is 9.80 Å². The van der Waals surface area contributed by atoms with Gasteiger partial charge < -0.3 is 14.7 Å². The summed E-state index contributed by atoms with van der Waals surface area (Å²) in [5.41, 5.74) is 0.932. The summed E-state index contributed by atoms with van der Waals surface area (Å²) in [6.45, 7) is 6.21. The van der Waals surface area contributed by atoms with Gasteiger partial charge in [0.25, 0.3) is 0 Å². The zero-order chi connectivity index (χ0) is 15.2. The second-order valence-corrected chi connectivity index (χ2v) is 5.97. The van der Waals surface area contributed by atoms with Crippen LogP contribution in [0.3, 0.4) is 0 Å². The number of aliphatic hydroxyl groups excluding tert-OH is 1. The number of β-amino-alcohol motifs (C(OH)–C–C–N with tert-alkyl or cyclic N) is 1. The first-order valence-electron chi connectivity index (χ1n) is 7.88. The maximum atomic E-state index is 10.6. The molecule has 0 radical (unpaired) electrons. The van der Waals surface area contributed by atoms with Gasteiger partial charge in [0.15, 0.2) is 0 Å². The van der Waals surface area contributed by atoms with Crippen molar-refractivity contribution in [3.63, 3.8) is 0 Å². The molecule has 2 rings (SSSR count). The Bertz CT molecular complexity index is 439. The second-order valence-electron chi connectivity index (χ2n) is 5.97. The molecule has 2 atom stereocenters. The Morgan fingerprint density at radius 3 is 2.90 bits per heavy atom. The Labute approximate surface area is 128 Å². The lowest BCUT2D eigenvalue weighted by Crippen LogP contribution is -2.41. The highest BCUT2D eigenvalue weighted by Crippen LogP contribution is 2.22. The summed E-state index contributed by atoms with van der Waals surface area (Å²) in [4.78, 5) is 4.83. The van der Waals surface area contributed by atoms with Gasteiger partial charge in [-0.1, -0.05) is 19.1 Å². The predicted octanol–water partition coefficient (Wildman–Crippen LogP) is 2.14. The lowest BCUT2D eigenvalue weighted by molar-refractivity contribution is 0.0852. The Kier molecular flexibility index (Phi) is 6.03. The monoisotopic (exact) mass is 292 g/mol. The number of rotatable bonds is 5. The van der Waals surface area contributed by atoms with Crippen molar-refractivity contribution in [1.29, 1.82) is 0 Å². The van der Waals surface area contributed by atoms with Crippen molar-refractivity contribution < 1.29 is 9.84 Å². The molecule has 2 unspecified atom stereocenters. The van der Waals surface area contributed by atoms with E-state index >= 15 is 0 Å². The summed E-state index contributed by atoms with van der Waals surface area (Å²) < 4.78 is 5.24. The summed E-state index contributed by atoms with van der Waals surface area (Å²) in [5.74, 6) is 0.800. The standard InChI is InChI=1S/C17H28N2O2/c1-4-15-12-18(2)9-6-10-19(15)13-17(20)14-7-5-8-16(11-14)21-3/h5,7-8,11,15,17,20H,4,6,9-10,12-13H2,1-3H3. The van der Waals surface area contributed by atoms with Crippen LogP contribution in [0.25, 0.3) is 0 Å². The quantitative estimate of drug-likeness (QED) is 0.902. The molecule has 0 aliphatic carbocycles. The molecule has 1 aliphatic rings. The number of hydrogen-bond acceptors (Lipinski definition) is 4. The van der Waals surface area contributed by atoms with Crippen LogP contribution in [0.15, 0.2) is 24.3 Å². The van der Waals surface area contributed by atoms with E-state index in [-0.39, 0.29) is 0 Å². The van der Waals surface area contributed by atoms with E-state index in [0.717, 1.165) is 43.8 Å². The average molecular weight is 292 g/mol. The van der Waals surface area contributed by atoms with Gasteiger partial charge in [-0.25, -0.2) is 0 Å². The van der Waals surface area contributed by atoms with Gasteiger partial charge in [-0.05, 0) is 50.7 Å². The molecular formula is C17H28N2O2. The molecular weight excluding hydrogens is 264 g/mol. The molecule has 0 spiro atoms. The Morgan fingerprint density at radius 1 is 1.38 bits per heavy atom. The molecule has 1 aromatic rings. The minimum Gasteiger partial charge on any atom is -0.497 e. The third-order valence-electron chi connectivity index (χ3n) is 4.38. The Hall–Kier alpha value is -1.10. The molecule has 1 heterocycles. The van der Waals surface area contributed by atoms with Crippen LogP contribution in [-0.2, 0) is 0 Å². The zero-order valence-corrected chi connectivity index (χ0v) is 13.5. The van der Waals surface area contributed by atoms with Crippen molar-refractivity contribution >= 4 is 0 Å². The van der Waals surface area contributed by atoms with E-state index in [2.05, 4.69) is 23.8 Å². The van der Waals surface area contributed by atoms with Gasteiger partial charge in [0.1, 0.15) is 5.75 Å². The fraction of sp³-hybridized carbons (Fsp3) is 0.647. The van der Waals surface area contributed by atoms with E-state index in [0.29, 0.717) is 12.6 Å². The van der Waals surface area contributed by atoms with Crippen molar-refractivity contribution in [2.75, 3.05) is 40.3 Å². The second kappa shape index (κ2) is 7.78. The lowest BCUT2D eigenvalue weighted by atomic mass is 10.1. The Balaban J connectivity index is 2.04. The summed E-state index contributed by atoms with van der Waals surface area (Å²) >= 11 is 0. The molecule has 0 bridgehead atoms. The molecule has 21 heavy (non-hydrogen) atoms. The first kappa shape index (κ1) is 16.3. The van der Waals surface area contributed by atoms with Crippen molar-refractivity contribution in [3.05, 3.63) is 29.8 Å². The van der Waals surface area contributed by atoms with Crippen molar-refractivity contribution in [3.8, 4) is 5.75 Å². The highest BCUT2D eigenvalue weighted by molar-refractivity contribution is 5.29. The molecule has 1 fully saturated rings. The fourth-order valence-corrected chi connectivity index (χ4v) is 3.10. The van der Waals surface area contributed by atoms with E-state index in [9.17, 15) is 5.11 Å². The van der Waals surface area contributed by atoms with E-state index in [1.807, 2.05) is 24.3 Å². The largest absolute Gasteiger partial charge is 0.497 e. The van der Waals surface area contributed by atoms with Crippen LogP contribution >= 0.6 is 0 Å². The maximum absolute atomic E-state index is 10.6. The lowest BCUT2D eigenvalue weighted by Gasteiger charge is -2.31. The molecule has 1 aromatic carbocycles. The van der Waals surface area contributed by atoms with E-state index in [4.69, 9.17) is 4.74 Å². The molecule has 1 N–H and O–H groups in total. The number of likely N-dealkylation sites (N-methyl/N-ethyl adjacent to an activating group) is 1. The van der Waals surface area contributed by atoms with E-state index < -0.39 is 6.10 Å². The van der Waals surface area contributed by atoms with Crippen molar-refractivity contribution in [2.24, 2.45) is 0 Å². The molecule has 0 aromatic heterocycles. The van der Waals surface area contributed by atoms with Crippen molar-refractivity contribution in [2.45, 2.75) is 31.9 Å². The number of methoxy groups -OCH3 is 1. The van der Waals surface area contributed by atoms with Gasteiger partial charge in [-0.3, -0.25) is 4.90 Å². The summed E-state index contributed by atoms with van der Waals surface area (Å²) in [7, 11) is 3.84. The van der Waals surface area contributed by atoms with Gasteiger partial charge in [-0.2, -0.15) is 0 Å². The number of hydrogen-bond donors (Lipinski definition) is 1. The minimum absolute atomic E-state index is 0.461. The van der Waals surface area contributed by atoms with Gasteiger partial charge >= 0.3 is 0 Å². The van der Waals surface area contributed by atoms with Crippen LogP contribution in [0.1, 0.15) is 31.4 Å². The summed E-state index contributed by atoms with van der Waals surface area (Å²) in [6.07, 6.45) is 1.82. The molecule has 118 valence electrons. The van der Waals surface area contributed by atoms with Gasteiger partial charge in [0.2, 0.25) is 0 Å². The SMILES string of the molecule is CCC1CN(C)CCCN1CC(O)c1cccc(OC)c1. The van der Waals surface area contributed by atoms with Gasteiger partial charge in [-0.15, -0.1) is 0 Å². The van der Waals surface area contributed by atoms with Gasteiger partial charge in [0, 0.05) is 19.1 Å². The van der Waals surface area contributed by atoms with Crippen LogP contribution in [0.5, 0.6) is 5.75 Å². The maximum Gasteiger partial charge on any atom is 0.119 e. The summed E-state index contributed by atoms with van der Waals surface area (Å²) in [5, 5.41) is 10.6. The first-order valence-corrected chi connectivity index (χ1v) is 7.88. The van der Waals surface area contributed by atoms with Crippen LogP contribution in [-0.4, -0.2) is 61.3 Å². The highest BCUT2D eigenvalue weighted by atomic mass is 16.5. The molecule has 1 aliphatic heterocycles. The van der Waals surface area contributed by atoms with E-state index in [1.165, 1.54) is 0 Å². The molecule has 0 saturated carbocycles. The average Bonchev–Trinajstić information content (AvgIpc) is 2.68. The molecule has 4 heteroatoms. The number of ether oxygens (including phenoxy) is 1. The minimum atomic E-state index is -0.461. The fourth-order valence-electron chi connectivity index (χ4n) is 3.10. The first-order chi connectivity index (χ1) is 10.1. The number of aliphatic hydroxyl groups is 1. The number of benzene rings is 1. The van der Waals surface area contributed by atoms with Crippen LogP contribution in [0.4, 0.5) is 0 Å². The third-order valence-corrected chi connectivity index (χ3v) is 4.38. The smallest absolute Gasteiger partial charge is 0.119 e. The predicted molar refractivity (Wildman–Crippen MR) is 85.7 cm³/mol. The highest BCUT2D eigenvalue weighted by Gasteiger charge is 2.24. The molecule has 0 amide bonds. The van der Waals surface area contributed by atoms with Crippen LogP contribution in [0.2, 0.25) is 0 Å². The normalized spacial score (nSPS) is 22.8. The zero-order valence-electron chi connectivity index (χ0n) is 13.5.